The Morgan fingerprint density at radius 3 is 2.74 bits per heavy atom. The molecular formula is C17H20FNO4. The van der Waals surface area contributed by atoms with Crippen molar-refractivity contribution in [1.29, 1.82) is 0 Å². The summed E-state index contributed by atoms with van der Waals surface area (Å²) in [5.41, 5.74) is 0.842. The van der Waals surface area contributed by atoms with E-state index < -0.39 is 17.7 Å². The summed E-state index contributed by atoms with van der Waals surface area (Å²) < 4.78 is 18.9. The van der Waals surface area contributed by atoms with Crippen LogP contribution in [0.2, 0.25) is 0 Å². The van der Waals surface area contributed by atoms with Crippen molar-refractivity contribution in [1.82, 2.24) is 4.90 Å². The van der Waals surface area contributed by atoms with E-state index >= 15 is 0 Å². The van der Waals surface area contributed by atoms with Crippen LogP contribution in [-0.2, 0) is 9.59 Å². The van der Waals surface area contributed by atoms with Crippen LogP contribution in [0.4, 0.5) is 4.39 Å². The number of ether oxygens (including phenoxy) is 1. The number of nitrogens with zero attached hydrogens (tertiary/aromatic N) is 1. The Kier molecular flexibility index (Phi) is 4.24. The van der Waals surface area contributed by atoms with Gasteiger partial charge in [-0.25, -0.2) is 4.39 Å². The first kappa shape index (κ1) is 15.8. The number of amides is 1. The topological polar surface area (TPSA) is 66.8 Å². The highest BCUT2D eigenvalue weighted by Crippen LogP contribution is 2.44. The molecule has 1 saturated heterocycles. The third-order valence-electron chi connectivity index (χ3n) is 4.70. The van der Waals surface area contributed by atoms with Crippen LogP contribution < -0.4 is 4.74 Å². The summed E-state index contributed by atoms with van der Waals surface area (Å²) >= 11 is 0. The first-order valence-electron chi connectivity index (χ1n) is 7.85. The van der Waals surface area contributed by atoms with Gasteiger partial charge in [0.2, 0.25) is 0 Å². The molecule has 1 amide bonds. The number of likely N-dealkylation sites (tertiary alicyclic amines) is 1. The lowest BCUT2D eigenvalue weighted by molar-refractivity contribution is -0.142. The molecule has 1 aromatic rings. The predicted octanol–water partition coefficient (Wildman–Crippen LogP) is 2.08. The van der Waals surface area contributed by atoms with Gasteiger partial charge in [0.25, 0.3) is 5.91 Å². The largest absolute Gasteiger partial charge is 0.481 e. The van der Waals surface area contributed by atoms with Gasteiger partial charge in [0.1, 0.15) is 0 Å². The number of carboxylic acid groups (broad SMARTS) is 1. The van der Waals surface area contributed by atoms with Gasteiger partial charge in [0.15, 0.2) is 18.2 Å². The summed E-state index contributed by atoms with van der Waals surface area (Å²) in [6.07, 6.45) is 2.09. The minimum atomic E-state index is -0.845. The van der Waals surface area contributed by atoms with Crippen LogP contribution >= 0.6 is 0 Å². The molecule has 0 unspecified atom stereocenters. The maximum absolute atomic E-state index is 13.6. The summed E-state index contributed by atoms with van der Waals surface area (Å²) in [5, 5.41) is 9.32. The Labute approximate surface area is 134 Å². The Bertz CT molecular complexity index is 629. The summed E-state index contributed by atoms with van der Waals surface area (Å²) in [5.74, 6) is -1.64. The first-order valence-corrected chi connectivity index (χ1v) is 7.85. The van der Waals surface area contributed by atoms with Crippen molar-refractivity contribution in [3.63, 3.8) is 0 Å². The van der Waals surface area contributed by atoms with E-state index in [2.05, 4.69) is 0 Å². The van der Waals surface area contributed by atoms with E-state index in [1.807, 2.05) is 6.92 Å². The third-order valence-corrected chi connectivity index (χ3v) is 4.70. The SMILES string of the molecule is Cc1ccc(F)c(OCC(=O)N2C[C@H](C(=O)O)[C@@H](C3CC3)C2)c1. The molecule has 2 fully saturated rings. The van der Waals surface area contributed by atoms with E-state index in [1.54, 1.807) is 12.1 Å². The van der Waals surface area contributed by atoms with Crippen molar-refractivity contribution in [2.45, 2.75) is 19.8 Å². The molecular weight excluding hydrogens is 301 g/mol. The number of hydrogen-bond donors (Lipinski definition) is 1. The lowest BCUT2D eigenvalue weighted by Crippen LogP contribution is -2.34. The zero-order chi connectivity index (χ0) is 16.6. The fraction of sp³-hybridized carbons (Fsp3) is 0.529. The van der Waals surface area contributed by atoms with Gasteiger partial charge < -0.3 is 14.7 Å². The maximum atomic E-state index is 13.6. The molecule has 124 valence electrons. The zero-order valence-corrected chi connectivity index (χ0v) is 13.0. The molecule has 23 heavy (non-hydrogen) atoms. The van der Waals surface area contributed by atoms with Crippen LogP contribution in [-0.4, -0.2) is 41.6 Å². The van der Waals surface area contributed by atoms with Gasteiger partial charge in [-0.2, -0.15) is 0 Å². The van der Waals surface area contributed by atoms with Crippen molar-refractivity contribution in [2.75, 3.05) is 19.7 Å². The minimum Gasteiger partial charge on any atom is -0.481 e. The van der Waals surface area contributed by atoms with Gasteiger partial charge in [0, 0.05) is 13.1 Å². The van der Waals surface area contributed by atoms with Crippen molar-refractivity contribution in [2.24, 2.45) is 17.8 Å². The fourth-order valence-corrected chi connectivity index (χ4v) is 3.25. The Morgan fingerprint density at radius 1 is 1.35 bits per heavy atom. The number of aliphatic carboxylic acids is 1. The number of rotatable bonds is 5. The molecule has 1 saturated carbocycles. The maximum Gasteiger partial charge on any atom is 0.308 e. The smallest absolute Gasteiger partial charge is 0.308 e. The van der Waals surface area contributed by atoms with E-state index in [0.717, 1.165) is 18.4 Å². The van der Waals surface area contributed by atoms with Crippen molar-refractivity contribution in [3.8, 4) is 5.75 Å². The molecule has 1 N–H and O–H groups in total. The van der Waals surface area contributed by atoms with Crippen molar-refractivity contribution < 1.29 is 23.8 Å². The summed E-state index contributed by atoms with van der Waals surface area (Å²) in [7, 11) is 0. The van der Waals surface area contributed by atoms with Gasteiger partial charge in [-0.05, 0) is 49.3 Å². The van der Waals surface area contributed by atoms with Gasteiger partial charge in [-0.3, -0.25) is 9.59 Å². The molecule has 1 aliphatic heterocycles. The number of halogens is 1. The van der Waals surface area contributed by atoms with Gasteiger partial charge in [0.05, 0.1) is 5.92 Å². The Balaban J connectivity index is 1.60. The summed E-state index contributed by atoms with van der Waals surface area (Å²) in [6.45, 7) is 2.21. The normalized spacial score (nSPS) is 23.8. The van der Waals surface area contributed by atoms with E-state index in [9.17, 15) is 19.1 Å². The minimum absolute atomic E-state index is 0.0344. The quantitative estimate of drug-likeness (QED) is 0.902. The average Bonchev–Trinajstić information content (AvgIpc) is 3.26. The monoisotopic (exact) mass is 321 g/mol. The summed E-state index contributed by atoms with van der Waals surface area (Å²) in [6, 6.07) is 4.47. The van der Waals surface area contributed by atoms with Crippen LogP contribution in [0, 0.1) is 30.5 Å². The number of carbonyl (C=O) groups excluding carboxylic acids is 1. The molecule has 3 rings (SSSR count). The molecule has 6 heteroatoms. The molecule has 0 aromatic heterocycles. The van der Waals surface area contributed by atoms with Crippen LogP contribution in [0.3, 0.4) is 0 Å². The molecule has 1 heterocycles. The highest BCUT2D eigenvalue weighted by molar-refractivity contribution is 5.80. The zero-order valence-electron chi connectivity index (χ0n) is 13.0. The molecule has 2 aliphatic rings. The molecule has 5 nitrogen and oxygen atoms in total. The van der Waals surface area contributed by atoms with E-state index in [4.69, 9.17) is 4.74 Å². The van der Waals surface area contributed by atoms with Crippen molar-refractivity contribution in [3.05, 3.63) is 29.6 Å². The predicted molar refractivity (Wildman–Crippen MR) is 80.6 cm³/mol. The summed E-state index contributed by atoms with van der Waals surface area (Å²) in [4.78, 5) is 25.1. The molecule has 0 bridgehead atoms. The van der Waals surface area contributed by atoms with Crippen LogP contribution in [0.1, 0.15) is 18.4 Å². The second kappa shape index (κ2) is 6.18. The lowest BCUT2D eigenvalue weighted by atomic mass is 9.92. The standard InChI is InChI=1S/C17H20FNO4/c1-10-2-5-14(18)15(6-10)23-9-16(20)19-7-12(11-3-4-11)13(8-19)17(21)22/h2,5-6,11-13H,3-4,7-9H2,1H3,(H,21,22)/t12-,13+/m1/s1. The van der Waals surface area contributed by atoms with E-state index in [-0.39, 0.29) is 30.7 Å². The highest BCUT2D eigenvalue weighted by atomic mass is 19.1. The molecule has 0 spiro atoms. The molecule has 1 aromatic carbocycles. The second-order valence-electron chi connectivity index (χ2n) is 6.47. The van der Waals surface area contributed by atoms with Crippen LogP contribution in [0.5, 0.6) is 5.75 Å². The van der Waals surface area contributed by atoms with Crippen LogP contribution in [0.25, 0.3) is 0 Å². The third kappa shape index (κ3) is 3.46. The van der Waals surface area contributed by atoms with Crippen molar-refractivity contribution >= 4 is 11.9 Å². The molecule has 0 radical (unpaired) electrons. The Morgan fingerprint density at radius 2 is 2.09 bits per heavy atom. The first-order chi connectivity index (χ1) is 11.0. The molecule has 1 aliphatic carbocycles. The number of hydrogen-bond acceptors (Lipinski definition) is 3. The number of benzene rings is 1. The average molecular weight is 321 g/mol. The van der Waals surface area contributed by atoms with Gasteiger partial charge in [-0.1, -0.05) is 6.07 Å². The number of carboxylic acids is 1. The molecule has 2 atom stereocenters. The number of aryl methyl sites for hydroxylation is 1. The van der Waals surface area contributed by atoms with Gasteiger partial charge >= 0.3 is 5.97 Å². The Hall–Kier alpha value is -2.11. The highest BCUT2D eigenvalue weighted by Gasteiger charge is 2.46. The van der Waals surface area contributed by atoms with E-state index in [1.165, 1.54) is 11.0 Å². The van der Waals surface area contributed by atoms with Crippen LogP contribution in [0.15, 0.2) is 18.2 Å². The second-order valence-corrected chi connectivity index (χ2v) is 6.47. The van der Waals surface area contributed by atoms with E-state index in [0.29, 0.717) is 12.5 Å². The van der Waals surface area contributed by atoms with Gasteiger partial charge in [-0.15, -0.1) is 0 Å². The lowest BCUT2D eigenvalue weighted by Gasteiger charge is -2.17. The number of carbonyl (C=O) groups is 2. The fourth-order valence-electron chi connectivity index (χ4n) is 3.25.